The van der Waals surface area contributed by atoms with Crippen LogP contribution in [0.2, 0.25) is 0 Å². The third-order valence-electron chi connectivity index (χ3n) is 5.58. The minimum Gasteiger partial charge on any atom is -0.285 e. The maximum atomic E-state index is 11.2. The fraction of sp³-hybridized carbons (Fsp3) is 1.00. The minimum atomic E-state index is -3.88. The van der Waals surface area contributed by atoms with Crippen LogP contribution in [0, 0.1) is 0 Å². The molecule has 0 aliphatic rings. The number of hydrogen-bond acceptors (Lipinski definition) is 3. The standard InChI is InChI=1S/C22H46O3S2/c1-3-5-6-7-8-9-10-11-12-13-14-15-16-18-21(26)19-17-20-22(4-2)27(23,24)25/h21-22,26H,3-20H2,1-2H3,(H,23,24,25). The number of thiol groups is 1. The third kappa shape index (κ3) is 18.1. The molecule has 0 aromatic carbocycles. The highest BCUT2D eigenvalue weighted by Crippen LogP contribution is 2.19. The zero-order valence-electron chi connectivity index (χ0n) is 18.0. The Morgan fingerprint density at radius 1 is 0.667 bits per heavy atom. The quantitative estimate of drug-likeness (QED) is 0.121. The normalized spacial score (nSPS) is 14.4. The summed E-state index contributed by atoms with van der Waals surface area (Å²) < 4.78 is 31.5. The molecule has 2 atom stereocenters. The average Bonchev–Trinajstić information content (AvgIpc) is 2.61. The van der Waals surface area contributed by atoms with Gasteiger partial charge < -0.3 is 0 Å². The molecule has 0 heterocycles. The van der Waals surface area contributed by atoms with Gasteiger partial charge in [0.05, 0.1) is 5.25 Å². The molecular weight excluding hydrogens is 376 g/mol. The van der Waals surface area contributed by atoms with Crippen molar-refractivity contribution in [2.24, 2.45) is 0 Å². The molecular formula is C22H46O3S2. The van der Waals surface area contributed by atoms with Crippen molar-refractivity contribution in [2.75, 3.05) is 0 Å². The van der Waals surface area contributed by atoms with Gasteiger partial charge in [0.1, 0.15) is 0 Å². The van der Waals surface area contributed by atoms with E-state index in [9.17, 15) is 8.42 Å². The van der Waals surface area contributed by atoms with E-state index in [1.54, 1.807) is 0 Å². The number of unbranched alkanes of at least 4 members (excludes halogenated alkanes) is 12. The molecule has 0 aliphatic heterocycles. The first-order chi connectivity index (χ1) is 12.9. The van der Waals surface area contributed by atoms with Crippen LogP contribution in [0.25, 0.3) is 0 Å². The van der Waals surface area contributed by atoms with E-state index in [2.05, 4.69) is 19.6 Å². The molecule has 0 spiro atoms. The molecule has 0 saturated heterocycles. The molecule has 164 valence electrons. The summed E-state index contributed by atoms with van der Waals surface area (Å²) in [5.41, 5.74) is 0. The molecule has 0 aromatic rings. The van der Waals surface area contributed by atoms with Gasteiger partial charge >= 0.3 is 0 Å². The molecule has 1 N–H and O–H groups in total. The molecule has 0 fully saturated rings. The number of hydrogen-bond donors (Lipinski definition) is 2. The summed E-state index contributed by atoms with van der Waals surface area (Å²) in [6.45, 7) is 4.08. The lowest BCUT2D eigenvalue weighted by molar-refractivity contribution is 0.453. The van der Waals surface area contributed by atoms with Gasteiger partial charge in [0.15, 0.2) is 0 Å². The predicted octanol–water partition coefficient (Wildman–Crippen LogP) is 7.60. The van der Waals surface area contributed by atoms with Crippen molar-refractivity contribution >= 4 is 22.7 Å². The fourth-order valence-corrected chi connectivity index (χ4v) is 4.94. The van der Waals surface area contributed by atoms with Gasteiger partial charge in [0.2, 0.25) is 0 Å². The molecule has 0 aromatic heterocycles. The van der Waals surface area contributed by atoms with Crippen LogP contribution < -0.4 is 0 Å². The smallest absolute Gasteiger partial charge is 0.267 e. The van der Waals surface area contributed by atoms with E-state index >= 15 is 0 Å². The van der Waals surface area contributed by atoms with Gasteiger partial charge in [-0.1, -0.05) is 104 Å². The van der Waals surface area contributed by atoms with Crippen molar-refractivity contribution in [3.63, 3.8) is 0 Å². The Morgan fingerprint density at radius 2 is 1.07 bits per heavy atom. The molecule has 5 heteroatoms. The van der Waals surface area contributed by atoms with Gasteiger partial charge in [-0.3, -0.25) is 4.55 Å². The Hall–Kier alpha value is 0.260. The first-order valence-corrected chi connectivity index (χ1v) is 13.6. The van der Waals surface area contributed by atoms with Crippen molar-refractivity contribution in [3.8, 4) is 0 Å². The van der Waals surface area contributed by atoms with Crippen LogP contribution in [-0.4, -0.2) is 23.5 Å². The van der Waals surface area contributed by atoms with Crippen LogP contribution in [0.4, 0.5) is 0 Å². The summed E-state index contributed by atoms with van der Waals surface area (Å²) in [5, 5.41) is -0.244. The van der Waals surface area contributed by atoms with E-state index < -0.39 is 15.4 Å². The Kier molecular flexibility index (Phi) is 18.5. The second kappa shape index (κ2) is 18.3. The van der Waals surface area contributed by atoms with Crippen LogP contribution in [0.3, 0.4) is 0 Å². The predicted molar refractivity (Wildman–Crippen MR) is 123 cm³/mol. The monoisotopic (exact) mass is 422 g/mol. The van der Waals surface area contributed by atoms with Gasteiger partial charge in [0, 0.05) is 5.25 Å². The molecule has 0 rings (SSSR count). The second-order valence-electron chi connectivity index (χ2n) is 8.16. The third-order valence-corrected chi connectivity index (χ3v) is 7.51. The lowest BCUT2D eigenvalue weighted by atomic mass is 10.0. The molecule has 0 amide bonds. The molecule has 2 unspecified atom stereocenters. The Bertz CT molecular complexity index is 410. The Balaban J connectivity index is 3.38. The van der Waals surface area contributed by atoms with Gasteiger partial charge in [-0.15, -0.1) is 0 Å². The molecule has 27 heavy (non-hydrogen) atoms. The van der Waals surface area contributed by atoms with Gasteiger partial charge in [-0.2, -0.15) is 21.0 Å². The SMILES string of the molecule is CCCCCCCCCCCCCCCC(S)CCCC(CC)S(=O)(=O)O. The van der Waals surface area contributed by atoms with E-state index in [4.69, 9.17) is 4.55 Å². The summed E-state index contributed by atoms with van der Waals surface area (Å²) in [5.74, 6) is 0. The topological polar surface area (TPSA) is 54.4 Å². The van der Waals surface area contributed by atoms with E-state index in [-0.39, 0.29) is 0 Å². The van der Waals surface area contributed by atoms with E-state index in [0.29, 0.717) is 18.1 Å². The van der Waals surface area contributed by atoms with Crippen LogP contribution in [0.1, 0.15) is 129 Å². The summed E-state index contributed by atoms with van der Waals surface area (Å²) >= 11 is 4.63. The largest absolute Gasteiger partial charge is 0.285 e. The maximum absolute atomic E-state index is 11.2. The first kappa shape index (κ1) is 27.3. The van der Waals surface area contributed by atoms with E-state index in [1.807, 2.05) is 6.92 Å². The highest BCUT2D eigenvalue weighted by molar-refractivity contribution is 7.86. The highest BCUT2D eigenvalue weighted by Gasteiger charge is 2.20. The summed E-state index contributed by atoms with van der Waals surface area (Å²) in [7, 11) is -3.88. The van der Waals surface area contributed by atoms with Crippen molar-refractivity contribution in [3.05, 3.63) is 0 Å². The number of rotatable bonds is 20. The zero-order chi connectivity index (χ0) is 20.4. The van der Waals surface area contributed by atoms with Crippen molar-refractivity contribution in [2.45, 2.75) is 140 Å². The molecule has 0 saturated carbocycles. The summed E-state index contributed by atoms with van der Waals surface area (Å²) in [6, 6.07) is 0. The maximum Gasteiger partial charge on any atom is 0.267 e. The lowest BCUT2D eigenvalue weighted by Crippen LogP contribution is -2.19. The second-order valence-corrected chi connectivity index (χ2v) is 10.6. The van der Waals surface area contributed by atoms with Gasteiger partial charge in [-0.25, -0.2) is 0 Å². The van der Waals surface area contributed by atoms with Gasteiger partial charge in [0.25, 0.3) is 10.1 Å². The lowest BCUT2D eigenvalue weighted by Gasteiger charge is -2.14. The zero-order valence-corrected chi connectivity index (χ0v) is 19.7. The molecule has 0 bridgehead atoms. The van der Waals surface area contributed by atoms with Crippen LogP contribution in [0.15, 0.2) is 0 Å². The van der Waals surface area contributed by atoms with Crippen molar-refractivity contribution < 1.29 is 13.0 Å². The molecule has 0 aliphatic carbocycles. The van der Waals surface area contributed by atoms with Crippen molar-refractivity contribution in [1.29, 1.82) is 0 Å². The van der Waals surface area contributed by atoms with Crippen LogP contribution in [0.5, 0.6) is 0 Å². The average molecular weight is 423 g/mol. The molecule has 0 radical (unpaired) electrons. The van der Waals surface area contributed by atoms with Crippen LogP contribution in [-0.2, 0) is 10.1 Å². The summed E-state index contributed by atoms with van der Waals surface area (Å²) in [6.07, 6.45) is 21.7. The Labute approximate surface area is 175 Å². The van der Waals surface area contributed by atoms with Crippen molar-refractivity contribution in [1.82, 2.24) is 0 Å². The summed E-state index contributed by atoms with van der Waals surface area (Å²) in [4.78, 5) is 0. The fourth-order valence-electron chi connectivity index (χ4n) is 3.69. The molecule has 3 nitrogen and oxygen atoms in total. The van der Waals surface area contributed by atoms with Gasteiger partial charge in [-0.05, 0) is 25.7 Å². The van der Waals surface area contributed by atoms with E-state index in [1.165, 1.54) is 83.5 Å². The van der Waals surface area contributed by atoms with E-state index in [0.717, 1.165) is 19.3 Å². The Morgan fingerprint density at radius 3 is 1.48 bits per heavy atom. The highest BCUT2D eigenvalue weighted by atomic mass is 32.2. The minimum absolute atomic E-state index is 0.358. The van der Waals surface area contributed by atoms with Crippen LogP contribution >= 0.6 is 12.6 Å². The first-order valence-electron chi connectivity index (χ1n) is 11.6.